The van der Waals surface area contributed by atoms with Gasteiger partial charge in [-0.3, -0.25) is 0 Å². The minimum atomic E-state index is -0.651. The van der Waals surface area contributed by atoms with E-state index in [1.165, 1.54) is 20.3 Å². The lowest BCUT2D eigenvalue weighted by molar-refractivity contribution is 0.0595. The molecule has 0 radical (unpaired) electrons. The molecular weight excluding hydrogens is 259 g/mol. The maximum Gasteiger partial charge on any atom is 0.340 e. The molecule has 0 amide bonds. The summed E-state index contributed by atoms with van der Waals surface area (Å²) in [5.41, 5.74) is 1.00. The molecule has 1 aliphatic rings. The number of carbonyl (C=O) groups excluding carboxylic acids is 1. The molecule has 0 N–H and O–H groups in total. The summed E-state index contributed by atoms with van der Waals surface area (Å²) >= 11 is 0. The quantitative estimate of drug-likeness (QED) is 0.787. The van der Waals surface area contributed by atoms with Crippen LogP contribution >= 0.6 is 0 Å². The maximum absolute atomic E-state index is 14.0. The van der Waals surface area contributed by atoms with E-state index in [1.807, 2.05) is 0 Å². The molecule has 0 unspecified atom stereocenters. The smallest absolute Gasteiger partial charge is 0.340 e. The molecule has 0 bridgehead atoms. The van der Waals surface area contributed by atoms with Crippen LogP contribution in [0.2, 0.25) is 0 Å². The van der Waals surface area contributed by atoms with E-state index in [9.17, 15) is 9.18 Å². The van der Waals surface area contributed by atoms with Crippen molar-refractivity contribution in [3.63, 3.8) is 0 Å². The minimum absolute atomic E-state index is 0.0222. The van der Waals surface area contributed by atoms with Gasteiger partial charge in [0.05, 0.1) is 19.8 Å². The van der Waals surface area contributed by atoms with Crippen molar-refractivity contribution in [1.82, 2.24) is 0 Å². The molecule has 1 saturated carbocycles. The number of hydrogen-bond acceptors (Lipinski definition) is 3. The van der Waals surface area contributed by atoms with E-state index in [-0.39, 0.29) is 16.9 Å². The predicted molar refractivity (Wildman–Crippen MR) is 74.7 cm³/mol. The number of rotatable bonds is 3. The Morgan fingerprint density at radius 3 is 2.55 bits per heavy atom. The van der Waals surface area contributed by atoms with Crippen LogP contribution in [0, 0.1) is 11.2 Å². The molecule has 1 aromatic carbocycles. The van der Waals surface area contributed by atoms with Crippen LogP contribution in [-0.2, 0) is 4.74 Å². The summed E-state index contributed by atoms with van der Waals surface area (Å²) in [6, 6.07) is 2.88. The van der Waals surface area contributed by atoms with Crippen molar-refractivity contribution in [2.45, 2.75) is 39.0 Å². The highest BCUT2D eigenvalue weighted by Crippen LogP contribution is 2.51. The molecule has 0 heterocycles. The second kappa shape index (κ2) is 5.43. The van der Waals surface area contributed by atoms with Gasteiger partial charge in [0.15, 0.2) is 0 Å². The first-order valence-electron chi connectivity index (χ1n) is 6.86. The van der Waals surface area contributed by atoms with Gasteiger partial charge in [0.2, 0.25) is 0 Å². The number of halogens is 1. The Morgan fingerprint density at radius 2 is 2.05 bits per heavy atom. The molecule has 2 rings (SSSR count). The van der Waals surface area contributed by atoms with Crippen LogP contribution in [0.3, 0.4) is 0 Å². The molecule has 3 nitrogen and oxygen atoms in total. The highest BCUT2D eigenvalue weighted by Gasteiger charge is 2.37. The van der Waals surface area contributed by atoms with Crippen molar-refractivity contribution in [3.8, 4) is 5.75 Å². The zero-order valence-corrected chi connectivity index (χ0v) is 12.5. The maximum atomic E-state index is 14.0. The van der Waals surface area contributed by atoms with Gasteiger partial charge in [0.25, 0.3) is 0 Å². The lowest BCUT2D eigenvalue weighted by Crippen LogP contribution is -2.17. The number of benzene rings is 1. The molecule has 0 spiro atoms. The SMILES string of the molecule is COC(=O)c1cc([C@H]2CCCC2(C)C)c(OC)cc1F. The van der Waals surface area contributed by atoms with Gasteiger partial charge in [-0.25, -0.2) is 9.18 Å². The van der Waals surface area contributed by atoms with E-state index in [0.29, 0.717) is 5.75 Å². The fourth-order valence-electron chi connectivity index (χ4n) is 3.19. The standard InChI is InChI=1S/C16H21FO3/c1-16(2)7-5-6-12(16)10-8-11(15(18)20-4)13(17)9-14(10)19-3/h8-9,12H,5-7H2,1-4H3/t12-/m1/s1. The lowest BCUT2D eigenvalue weighted by Gasteiger charge is -2.29. The fourth-order valence-corrected chi connectivity index (χ4v) is 3.19. The van der Waals surface area contributed by atoms with Gasteiger partial charge >= 0.3 is 5.97 Å². The monoisotopic (exact) mass is 280 g/mol. The van der Waals surface area contributed by atoms with Crippen LogP contribution in [0.5, 0.6) is 5.75 Å². The molecule has 1 aliphatic carbocycles. The van der Waals surface area contributed by atoms with Gasteiger partial charge in [-0.2, -0.15) is 0 Å². The Balaban J connectivity index is 2.53. The molecule has 0 aliphatic heterocycles. The Hall–Kier alpha value is -1.58. The van der Waals surface area contributed by atoms with Crippen LogP contribution in [0.15, 0.2) is 12.1 Å². The Kier molecular flexibility index (Phi) is 4.02. The molecule has 20 heavy (non-hydrogen) atoms. The van der Waals surface area contributed by atoms with Crippen molar-refractivity contribution < 1.29 is 18.7 Å². The van der Waals surface area contributed by atoms with Crippen molar-refractivity contribution in [2.24, 2.45) is 5.41 Å². The molecule has 0 saturated heterocycles. The average molecular weight is 280 g/mol. The van der Waals surface area contributed by atoms with Crippen LogP contribution < -0.4 is 4.74 Å². The molecular formula is C16H21FO3. The largest absolute Gasteiger partial charge is 0.496 e. The van der Waals surface area contributed by atoms with Gasteiger partial charge in [-0.05, 0) is 35.8 Å². The highest BCUT2D eigenvalue weighted by molar-refractivity contribution is 5.90. The van der Waals surface area contributed by atoms with Gasteiger partial charge in [0.1, 0.15) is 11.6 Å². The topological polar surface area (TPSA) is 35.5 Å². The van der Waals surface area contributed by atoms with Crippen molar-refractivity contribution in [3.05, 3.63) is 29.1 Å². The normalized spacial score (nSPS) is 20.8. The Bertz CT molecular complexity index is 523. The van der Waals surface area contributed by atoms with Crippen molar-refractivity contribution in [1.29, 1.82) is 0 Å². The van der Waals surface area contributed by atoms with Crippen LogP contribution in [-0.4, -0.2) is 20.2 Å². The zero-order chi connectivity index (χ0) is 14.9. The van der Waals surface area contributed by atoms with Crippen LogP contribution in [0.1, 0.15) is 54.9 Å². The van der Waals surface area contributed by atoms with E-state index in [2.05, 4.69) is 18.6 Å². The molecule has 1 aromatic rings. The number of carbonyl (C=O) groups is 1. The number of methoxy groups -OCH3 is 2. The van der Waals surface area contributed by atoms with Crippen molar-refractivity contribution in [2.75, 3.05) is 14.2 Å². The lowest BCUT2D eigenvalue weighted by atomic mass is 9.77. The summed E-state index contributed by atoms with van der Waals surface area (Å²) in [6.45, 7) is 4.40. The van der Waals surface area contributed by atoms with Gasteiger partial charge in [-0.15, -0.1) is 0 Å². The van der Waals surface area contributed by atoms with Crippen LogP contribution in [0.4, 0.5) is 4.39 Å². The molecule has 4 heteroatoms. The second-order valence-corrected chi connectivity index (χ2v) is 6.00. The summed E-state index contributed by atoms with van der Waals surface area (Å²) < 4.78 is 23.9. The molecule has 110 valence electrons. The number of hydrogen-bond donors (Lipinski definition) is 0. The third-order valence-corrected chi connectivity index (χ3v) is 4.36. The number of ether oxygens (including phenoxy) is 2. The Morgan fingerprint density at radius 1 is 1.35 bits per heavy atom. The van der Waals surface area contributed by atoms with E-state index in [0.717, 1.165) is 24.8 Å². The van der Waals surface area contributed by atoms with E-state index >= 15 is 0 Å². The van der Waals surface area contributed by atoms with Gasteiger partial charge < -0.3 is 9.47 Å². The number of esters is 1. The summed E-state index contributed by atoms with van der Waals surface area (Å²) in [5.74, 6) is -0.480. The average Bonchev–Trinajstić information content (AvgIpc) is 2.77. The molecule has 1 fully saturated rings. The summed E-state index contributed by atoms with van der Waals surface area (Å²) in [6.07, 6.45) is 3.27. The minimum Gasteiger partial charge on any atom is -0.496 e. The molecule has 0 aromatic heterocycles. The fraction of sp³-hybridized carbons (Fsp3) is 0.562. The van der Waals surface area contributed by atoms with E-state index in [4.69, 9.17) is 4.74 Å². The summed E-state index contributed by atoms with van der Waals surface area (Å²) in [5, 5.41) is 0. The first-order chi connectivity index (χ1) is 9.40. The van der Waals surface area contributed by atoms with Gasteiger partial charge in [0, 0.05) is 6.07 Å². The predicted octanol–water partition coefficient (Wildman–Crippen LogP) is 3.91. The first-order valence-corrected chi connectivity index (χ1v) is 6.86. The van der Waals surface area contributed by atoms with Gasteiger partial charge in [-0.1, -0.05) is 20.3 Å². The van der Waals surface area contributed by atoms with E-state index in [1.54, 1.807) is 6.07 Å². The second-order valence-electron chi connectivity index (χ2n) is 6.00. The highest BCUT2D eigenvalue weighted by atomic mass is 19.1. The van der Waals surface area contributed by atoms with Crippen LogP contribution in [0.25, 0.3) is 0 Å². The van der Waals surface area contributed by atoms with E-state index < -0.39 is 11.8 Å². The van der Waals surface area contributed by atoms with Crippen molar-refractivity contribution >= 4 is 5.97 Å². The first kappa shape index (κ1) is 14.8. The Labute approximate surface area is 119 Å². The summed E-state index contributed by atoms with van der Waals surface area (Å²) in [4.78, 5) is 11.7. The summed E-state index contributed by atoms with van der Waals surface area (Å²) in [7, 11) is 2.78. The third-order valence-electron chi connectivity index (χ3n) is 4.36. The third kappa shape index (κ3) is 2.51. The zero-order valence-electron chi connectivity index (χ0n) is 12.5. The molecule has 1 atom stereocenters.